The number of halogens is 1. The van der Waals surface area contributed by atoms with Gasteiger partial charge in [-0.3, -0.25) is 0 Å². The van der Waals surface area contributed by atoms with Gasteiger partial charge < -0.3 is 10.0 Å². The molecule has 0 bridgehead atoms. The van der Waals surface area contributed by atoms with Gasteiger partial charge in [0.05, 0.1) is 6.61 Å². The number of anilines is 1. The Morgan fingerprint density at radius 1 is 1.41 bits per heavy atom. The molecule has 1 aromatic carbocycles. The number of benzene rings is 1. The Labute approximate surface area is 102 Å². The van der Waals surface area contributed by atoms with Crippen LogP contribution >= 0.6 is 0 Å². The van der Waals surface area contributed by atoms with Gasteiger partial charge in [0.25, 0.3) is 0 Å². The third-order valence-corrected chi connectivity index (χ3v) is 3.89. The summed E-state index contributed by atoms with van der Waals surface area (Å²) in [5, 5.41) is 9.33. The summed E-state index contributed by atoms with van der Waals surface area (Å²) in [6.45, 7) is 5.34. The molecule has 1 saturated heterocycles. The fourth-order valence-electron chi connectivity index (χ4n) is 2.64. The Morgan fingerprint density at radius 3 is 2.88 bits per heavy atom. The van der Waals surface area contributed by atoms with Crippen molar-refractivity contribution in [2.24, 2.45) is 5.92 Å². The standard InChI is InChI=1S/C14H20FNO/c1-10-4-3-7-16(11(10)2)14-6-5-13(15)8-12(14)9-17/h5-6,8,10-11,17H,3-4,7,9H2,1-2H3. The molecule has 94 valence electrons. The van der Waals surface area contributed by atoms with Crippen LogP contribution in [0.2, 0.25) is 0 Å². The molecule has 2 nitrogen and oxygen atoms in total. The second kappa shape index (κ2) is 5.05. The van der Waals surface area contributed by atoms with E-state index in [1.54, 1.807) is 6.07 Å². The molecule has 2 unspecified atom stereocenters. The predicted molar refractivity (Wildman–Crippen MR) is 67.5 cm³/mol. The zero-order chi connectivity index (χ0) is 12.4. The van der Waals surface area contributed by atoms with Crippen molar-refractivity contribution in [2.75, 3.05) is 11.4 Å². The molecule has 1 N–H and O–H groups in total. The van der Waals surface area contributed by atoms with Gasteiger partial charge in [-0.25, -0.2) is 4.39 Å². The van der Waals surface area contributed by atoms with Crippen molar-refractivity contribution in [3.8, 4) is 0 Å². The van der Waals surface area contributed by atoms with Crippen LogP contribution in [0.5, 0.6) is 0 Å². The largest absolute Gasteiger partial charge is 0.392 e. The molecular weight excluding hydrogens is 217 g/mol. The van der Waals surface area contributed by atoms with Crippen molar-refractivity contribution in [1.82, 2.24) is 0 Å². The smallest absolute Gasteiger partial charge is 0.123 e. The molecule has 1 heterocycles. The third-order valence-electron chi connectivity index (χ3n) is 3.89. The van der Waals surface area contributed by atoms with Crippen LogP contribution in [0.15, 0.2) is 18.2 Å². The van der Waals surface area contributed by atoms with E-state index in [4.69, 9.17) is 0 Å². The zero-order valence-corrected chi connectivity index (χ0v) is 10.5. The van der Waals surface area contributed by atoms with Crippen molar-refractivity contribution in [3.63, 3.8) is 0 Å². The molecule has 0 saturated carbocycles. The fraction of sp³-hybridized carbons (Fsp3) is 0.571. The molecule has 1 aromatic rings. The van der Waals surface area contributed by atoms with E-state index in [1.807, 2.05) is 0 Å². The normalized spacial score (nSPS) is 25.1. The quantitative estimate of drug-likeness (QED) is 0.855. The van der Waals surface area contributed by atoms with Gasteiger partial charge in [0, 0.05) is 23.8 Å². The second-order valence-electron chi connectivity index (χ2n) is 4.98. The van der Waals surface area contributed by atoms with Crippen LogP contribution in [-0.2, 0) is 6.61 Å². The number of nitrogens with zero attached hydrogens (tertiary/aromatic N) is 1. The predicted octanol–water partition coefficient (Wildman–Crippen LogP) is 2.94. The minimum atomic E-state index is -0.282. The second-order valence-corrected chi connectivity index (χ2v) is 4.98. The molecule has 1 aliphatic rings. The lowest BCUT2D eigenvalue weighted by molar-refractivity contribution is 0.280. The number of aliphatic hydroxyl groups excluding tert-OH is 1. The highest BCUT2D eigenvalue weighted by Gasteiger charge is 2.26. The molecular formula is C14H20FNO. The SMILES string of the molecule is CC1CCCN(c2ccc(F)cc2CO)C1C. The van der Waals surface area contributed by atoms with E-state index < -0.39 is 0 Å². The van der Waals surface area contributed by atoms with Crippen molar-refractivity contribution in [1.29, 1.82) is 0 Å². The summed E-state index contributed by atoms with van der Waals surface area (Å²) in [4.78, 5) is 2.29. The van der Waals surface area contributed by atoms with E-state index in [0.29, 0.717) is 17.5 Å². The number of aliphatic hydroxyl groups is 1. The van der Waals surface area contributed by atoms with Crippen LogP contribution in [0.1, 0.15) is 32.3 Å². The minimum Gasteiger partial charge on any atom is -0.392 e. The lowest BCUT2D eigenvalue weighted by Gasteiger charge is -2.40. The van der Waals surface area contributed by atoms with Crippen molar-refractivity contribution < 1.29 is 9.50 Å². The number of hydrogen-bond acceptors (Lipinski definition) is 2. The van der Waals surface area contributed by atoms with Gasteiger partial charge in [-0.2, -0.15) is 0 Å². The van der Waals surface area contributed by atoms with E-state index in [9.17, 15) is 9.50 Å². The molecule has 2 atom stereocenters. The molecule has 0 aromatic heterocycles. The van der Waals surface area contributed by atoms with Crippen LogP contribution in [0.3, 0.4) is 0 Å². The highest BCUT2D eigenvalue weighted by Crippen LogP contribution is 2.31. The van der Waals surface area contributed by atoms with E-state index in [-0.39, 0.29) is 12.4 Å². The van der Waals surface area contributed by atoms with Gasteiger partial charge in [-0.05, 0) is 43.9 Å². The van der Waals surface area contributed by atoms with Gasteiger partial charge >= 0.3 is 0 Å². The summed E-state index contributed by atoms with van der Waals surface area (Å²) in [7, 11) is 0. The summed E-state index contributed by atoms with van der Waals surface area (Å²) < 4.78 is 13.1. The maximum absolute atomic E-state index is 13.1. The molecule has 1 aliphatic heterocycles. The van der Waals surface area contributed by atoms with Crippen LogP contribution < -0.4 is 4.90 Å². The van der Waals surface area contributed by atoms with Crippen molar-refractivity contribution >= 4 is 5.69 Å². The minimum absolute atomic E-state index is 0.106. The first-order valence-corrected chi connectivity index (χ1v) is 6.29. The highest BCUT2D eigenvalue weighted by molar-refractivity contribution is 5.54. The first-order chi connectivity index (χ1) is 8.13. The summed E-state index contributed by atoms with van der Waals surface area (Å²) in [5.41, 5.74) is 1.67. The maximum Gasteiger partial charge on any atom is 0.123 e. The Hall–Kier alpha value is -1.09. The van der Waals surface area contributed by atoms with Gasteiger partial charge in [-0.15, -0.1) is 0 Å². The number of piperidine rings is 1. The van der Waals surface area contributed by atoms with Gasteiger partial charge in [0.15, 0.2) is 0 Å². The Balaban J connectivity index is 2.32. The summed E-state index contributed by atoms with van der Waals surface area (Å²) in [5.74, 6) is 0.357. The average Bonchev–Trinajstić information content (AvgIpc) is 2.33. The lowest BCUT2D eigenvalue weighted by Crippen LogP contribution is -2.42. The van der Waals surface area contributed by atoms with E-state index in [1.165, 1.54) is 18.6 Å². The monoisotopic (exact) mass is 237 g/mol. The molecule has 2 rings (SSSR count). The molecule has 3 heteroatoms. The number of rotatable bonds is 2. The van der Waals surface area contributed by atoms with E-state index >= 15 is 0 Å². The average molecular weight is 237 g/mol. The summed E-state index contributed by atoms with van der Waals surface area (Å²) in [6.07, 6.45) is 2.40. The summed E-state index contributed by atoms with van der Waals surface area (Å²) in [6, 6.07) is 5.14. The Morgan fingerprint density at radius 2 is 2.18 bits per heavy atom. The molecule has 0 spiro atoms. The topological polar surface area (TPSA) is 23.5 Å². The van der Waals surface area contributed by atoms with Gasteiger partial charge in [0.2, 0.25) is 0 Å². The van der Waals surface area contributed by atoms with Gasteiger partial charge in [0.1, 0.15) is 5.82 Å². The van der Waals surface area contributed by atoms with Crippen LogP contribution in [0.4, 0.5) is 10.1 Å². The van der Waals surface area contributed by atoms with E-state index in [0.717, 1.165) is 18.7 Å². The first-order valence-electron chi connectivity index (χ1n) is 6.29. The van der Waals surface area contributed by atoms with Crippen LogP contribution in [-0.4, -0.2) is 17.7 Å². The third kappa shape index (κ3) is 2.44. The molecule has 0 aliphatic carbocycles. The lowest BCUT2D eigenvalue weighted by atomic mass is 9.91. The maximum atomic E-state index is 13.1. The van der Waals surface area contributed by atoms with Gasteiger partial charge in [-0.1, -0.05) is 6.92 Å². The van der Waals surface area contributed by atoms with Crippen molar-refractivity contribution in [2.45, 2.75) is 39.3 Å². The first kappa shape index (κ1) is 12.4. The van der Waals surface area contributed by atoms with E-state index in [2.05, 4.69) is 18.7 Å². The Kier molecular flexibility index (Phi) is 3.67. The molecule has 17 heavy (non-hydrogen) atoms. The fourth-order valence-corrected chi connectivity index (χ4v) is 2.64. The summed E-state index contributed by atoms with van der Waals surface area (Å²) >= 11 is 0. The molecule has 0 amide bonds. The highest BCUT2D eigenvalue weighted by atomic mass is 19.1. The van der Waals surface area contributed by atoms with Crippen LogP contribution in [0.25, 0.3) is 0 Å². The number of hydrogen-bond donors (Lipinski definition) is 1. The Bertz CT molecular complexity index is 394. The van der Waals surface area contributed by atoms with Crippen molar-refractivity contribution in [3.05, 3.63) is 29.6 Å². The molecule has 1 fully saturated rings. The zero-order valence-electron chi connectivity index (χ0n) is 10.5. The van der Waals surface area contributed by atoms with Crippen LogP contribution in [0, 0.1) is 11.7 Å². The molecule has 0 radical (unpaired) electrons.